The van der Waals surface area contributed by atoms with Gasteiger partial charge in [-0.1, -0.05) is 19.1 Å². The Morgan fingerprint density at radius 1 is 1.31 bits per heavy atom. The van der Waals surface area contributed by atoms with Crippen LogP contribution >= 0.6 is 0 Å². The van der Waals surface area contributed by atoms with Crippen molar-refractivity contribution in [2.24, 2.45) is 0 Å². The first-order chi connectivity index (χ1) is 7.90. The van der Waals surface area contributed by atoms with E-state index in [4.69, 9.17) is 0 Å². The molecule has 0 radical (unpaired) electrons. The summed E-state index contributed by atoms with van der Waals surface area (Å²) in [6.07, 6.45) is 11.5. The Bertz CT molecular complexity index is 546. The lowest BCUT2D eigenvalue weighted by Crippen LogP contribution is -1.89. The summed E-state index contributed by atoms with van der Waals surface area (Å²) in [4.78, 5) is 3.38. The van der Waals surface area contributed by atoms with E-state index >= 15 is 0 Å². The van der Waals surface area contributed by atoms with Gasteiger partial charge >= 0.3 is 0 Å². The maximum Gasteiger partial charge on any atom is 0.0489 e. The quantitative estimate of drug-likeness (QED) is 0.770. The summed E-state index contributed by atoms with van der Waals surface area (Å²) in [6.45, 7) is 2.19. The standard InChI is InChI=1S/C15H17N/c1-2-3-5-11-10-12-8-9-16-15(12)14-7-4-6-13(11)14/h3,5,8-10,16H,2,4,6-7H2,1H3/b5-3+. The van der Waals surface area contributed by atoms with Crippen LogP contribution in [0.15, 0.2) is 24.4 Å². The van der Waals surface area contributed by atoms with Crippen molar-refractivity contribution < 1.29 is 0 Å². The second-order valence-electron chi connectivity index (χ2n) is 4.53. The first kappa shape index (κ1) is 9.71. The average molecular weight is 211 g/mol. The van der Waals surface area contributed by atoms with Gasteiger partial charge in [-0.3, -0.25) is 0 Å². The van der Waals surface area contributed by atoms with Crippen molar-refractivity contribution in [3.63, 3.8) is 0 Å². The molecule has 0 bridgehead atoms. The third-order valence-corrected chi connectivity index (χ3v) is 3.49. The number of rotatable bonds is 2. The lowest BCUT2D eigenvalue weighted by atomic mass is 9.99. The van der Waals surface area contributed by atoms with Crippen LogP contribution in [0, 0.1) is 0 Å². The maximum absolute atomic E-state index is 3.38. The fraction of sp³-hybridized carbons (Fsp3) is 0.333. The molecule has 0 atom stereocenters. The molecule has 16 heavy (non-hydrogen) atoms. The van der Waals surface area contributed by atoms with Crippen molar-refractivity contribution >= 4 is 17.0 Å². The molecule has 1 heterocycles. The van der Waals surface area contributed by atoms with Gasteiger partial charge in [-0.2, -0.15) is 0 Å². The van der Waals surface area contributed by atoms with Crippen molar-refractivity contribution in [3.8, 4) is 0 Å². The van der Waals surface area contributed by atoms with Gasteiger partial charge in [0, 0.05) is 17.1 Å². The topological polar surface area (TPSA) is 15.8 Å². The summed E-state index contributed by atoms with van der Waals surface area (Å²) < 4.78 is 0. The van der Waals surface area contributed by atoms with E-state index in [2.05, 4.69) is 42.4 Å². The van der Waals surface area contributed by atoms with Gasteiger partial charge in [-0.15, -0.1) is 0 Å². The maximum atomic E-state index is 3.38. The molecule has 0 saturated heterocycles. The third kappa shape index (κ3) is 1.39. The van der Waals surface area contributed by atoms with E-state index in [9.17, 15) is 0 Å². The van der Waals surface area contributed by atoms with Gasteiger partial charge < -0.3 is 4.98 Å². The predicted molar refractivity (Wildman–Crippen MR) is 69.6 cm³/mol. The summed E-state index contributed by atoms with van der Waals surface area (Å²) in [5.41, 5.74) is 5.92. The minimum atomic E-state index is 1.11. The minimum Gasteiger partial charge on any atom is -0.361 e. The lowest BCUT2D eigenvalue weighted by Gasteiger charge is -2.06. The molecule has 3 rings (SSSR count). The van der Waals surface area contributed by atoms with Crippen LogP contribution < -0.4 is 0 Å². The van der Waals surface area contributed by atoms with E-state index < -0.39 is 0 Å². The number of fused-ring (bicyclic) bond motifs is 3. The van der Waals surface area contributed by atoms with Crippen molar-refractivity contribution in [2.75, 3.05) is 0 Å². The molecule has 2 aromatic rings. The second kappa shape index (κ2) is 3.82. The smallest absolute Gasteiger partial charge is 0.0489 e. The molecule has 0 aliphatic heterocycles. The SMILES string of the molecule is CC/C=C/c1cc2cc[nH]c2c2c1CCC2. The molecule has 0 amide bonds. The van der Waals surface area contributed by atoms with Gasteiger partial charge in [0.1, 0.15) is 0 Å². The van der Waals surface area contributed by atoms with Crippen molar-refractivity contribution in [2.45, 2.75) is 32.6 Å². The number of aryl methyl sites for hydroxylation is 1. The highest BCUT2D eigenvalue weighted by atomic mass is 14.7. The monoisotopic (exact) mass is 211 g/mol. The zero-order valence-corrected chi connectivity index (χ0v) is 9.72. The molecule has 1 nitrogen and oxygen atoms in total. The molecule has 0 spiro atoms. The van der Waals surface area contributed by atoms with Gasteiger partial charge in [0.15, 0.2) is 0 Å². The second-order valence-corrected chi connectivity index (χ2v) is 4.53. The van der Waals surface area contributed by atoms with Crippen molar-refractivity contribution in [1.29, 1.82) is 0 Å². The van der Waals surface area contributed by atoms with Crippen LogP contribution in [0.4, 0.5) is 0 Å². The van der Waals surface area contributed by atoms with E-state index in [1.54, 1.807) is 11.1 Å². The number of H-pyrrole nitrogens is 1. The van der Waals surface area contributed by atoms with Crippen LogP contribution in [0.25, 0.3) is 17.0 Å². The Morgan fingerprint density at radius 3 is 3.06 bits per heavy atom. The van der Waals surface area contributed by atoms with E-state index in [-0.39, 0.29) is 0 Å². The predicted octanol–water partition coefficient (Wildman–Crippen LogP) is 4.08. The van der Waals surface area contributed by atoms with Gasteiger partial charge in [-0.05, 0) is 54.5 Å². The molecule has 1 N–H and O–H groups in total. The van der Waals surface area contributed by atoms with Crippen LogP contribution in [0.1, 0.15) is 36.5 Å². The Hall–Kier alpha value is -1.50. The summed E-state index contributed by atoms with van der Waals surface area (Å²) in [7, 11) is 0. The summed E-state index contributed by atoms with van der Waals surface area (Å²) in [6, 6.07) is 4.50. The van der Waals surface area contributed by atoms with Gasteiger partial charge in [0.2, 0.25) is 0 Å². The highest BCUT2D eigenvalue weighted by Gasteiger charge is 2.17. The number of hydrogen-bond acceptors (Lipinski definition) is 0. The average Bonchev–Trinajstić information content (AvgIpc) is 2.92. The molecule has 0 unspecified atom stereocenters. The summed E-state index contributed by atoms with van der Waals surface area (Å²) in [5.74, 6) is 0. The van der Waals surface area contributed by atoms with Crippen LogP contribution in [0.2, 0.25) is 0 Å². The first-order valence-electron chi connectivity index (χ1n) is 6.18. The summed E-state index contributed by atoms with van der Waals surface area (Å²) in [5, 5.41) is 1.36. The minimum absolute atomic E-state index is 1.11. The molecule has 0 fully saturated rings. The highest BCUT2D eigenvalue weighted by Crippen LogP contribution is 2.32. The molecule has 0 saturated carbocycles. The van der Waals surface area contributed by atoms with Gasteiger partial charge in [0.25, 0.3) is 0 Å². The molecular weight excluding hydrogens is 194 g/mol. The number of aromatic amines is 1. The Kier molecular flexibility index (Phi) is 2.32. The molecule has 82 valence electrons. The molecule has 1 aromatic carbocycles. The normalized spacial score (nSPS) is 15.1. The largest absolute Gasteiger partial charge is 0.361 e. The van der Waals surface area contributed by atoms with Crippen molar-refractivity contribution in [1.82, 2.24) is 4.98 Å². The van der Waals surface area contributed by atoms with Gasteiger partial charge in [-0.25, -0.2) is 0 Å². The van der Waals surface area contributed by atoms with E-state index in [1.165, 1.54) is 35.7 Å². The molecule has 1 aromatic heterocycles. The van der Waals surface area contributed by atoms with Gasteiger partial charge in [0.05, 0.1) is 0 Å². The fourth-order valence-corrected chi connectivity index (χ4v) is 2.75. The third-order valence-electron chi connectivity index (χ3n) is 3.49. The van der Waals surface area contributed by atoms with Crippen molar-refractivity contribution in [3.05, 3.63) is 41.1 Å². The first-order valence-corrected chi connectivity index (χ1v) is 6.18. The van der Waals surface area contributed by atoms with Crippen LogP contribution in [0.3, 0.4) is 0 Å². The van der Waals surface area contributed by atoms with E-state index in [0.29, 0.717) is 0 Å². The van der Waals surface area contributed by atoms with E-state index in [0.717, 1.165) is 6.42 Å². The molecule has 1 heteroatoms. The molecule has 1 aliphatic rings. The Balaban J connectivity index is 2.24. The Morgan fingerprint density at radius 2 is 2.19 bits per heavy atom. The highest BCUT2D eigenvalue weighted by molar-refractivity contribution is 5.87. The Labute approximate surface area is 96.2 Å². The fourth-order valence-electron chi connectivity index (χ4n) is 2.75. The van der Waals surface area contributed by atoms with Crippen LogP contribution in [0.5, 0.6) is 0 Å². The number of allylic oxidation sites excluding steroid dienone is 1. The summed E-state index contributed by atoms with van der Waals surface area (Å²) >= 11 is 0. The van der Waals surface area contributed by atoms with Crippen LogP contribution in [-0.4, -0.2) is 4.98 Å². The number of benzene rings is 1. The van der Waals surface area contributed by atoms with E-state index in [1.807, 2.05) is 0 Å². The zero-order chi connectivity index (χ0) is 11.0. The number of nitrogens with one attached hydrogen (secondary N) is 1. The lowest BCUT2D eigenvalue weighted by molar-refractivity contribution is 0.912. The zero-order valence-electron chi connectivity index (χ0n) is 9.72. The van der Waals surface area contributed by atoms with Crippen LogP contribution in [-0.2, 0) is 12.8 Å². The molecule has 1 aliphatic carbocycles. The number of aromatic nitrogens is 1. The number of hydrogen-bond donors (Lipinski definition) is 1. The molecular formula is C15H17N.